The standard InChI is InChI=1S/C9H13N3O2S/c10-8-7-11-2-1-9(8)12-3-5-15(13,14)6-4-12/h1-2,7H,3-6,10H2. The van der Waals surface area contributed by atoms with Gasteiger partial charge in [-0.25, -0.2) is 8.42 Å². The number of rotatable bonds is 1. The van der Waals surface area contributed by atoms with Gasteiger partial charge in [-0.2, -0.15) is 0 Å². The number of anilines is 2. The van der Waals surface area contributed by atoms with E-state index in [2.05, 4.69) is 4.98 Å². The monoisotopic (exact) mass is 227 g/mol. The van der Waals surface area contributed by atoms with Gasteiger partial charge in [0, 0.05) is 19.3 Å². The van der Waals surface area contributed by atoms with Crippen molar-refractivity contribution >= 4 is 21.2 Å². The molecule has 0 bridgehead atoms. The second-order valence-corrected chi connectivity index (χ2v) is 5.88. The molecule has 0 atom stereocenters. The van der Waals surface area contributed by atoms with Gasteiger partial charge < -0.3 is 10.6 Å². The summed E-state index contributed by atoms with van der Waals surface area (Å²) < 4.78 is 22.5. The van der Waals surface area contributed by atoms with E-state index in [1.54, 1.807) is 12.4 Å². The van der Waals surface area contributed by atoms with Crippen molar-refractivity contribution in [3.05, 3.63) is 18.5 Å². The largest absolute Gasteiger partial charge is 0.396 e. The predicted octanol–water partition coefficient (Wildman–Crippen LogP) is -0.101. The zero-order chi connectivity index (χ0) is 10.9. The van der Waals surface area contributed by atoms with Crippen LogP contribution in [0.25, 0.3) is 0 Å². The Morgan fingerprint density at radius 2 is 2.00 bits per heavy atom. The molecule has 15 heavy (non-hydrogen) atoms. The van der Waals surface area contributed by atoms with Crippen LogP contribution in [0, 0.1) is 0 Å². The molecule has 6 heteroatoms. The van der Waals surface area contributed by atoms with Gasteiger partial charge in [0.15, 0.2) is 9.84 Å². The van der Waals surface area contributed by atoms with Gasteiger partial charge in [0.2, 0.25) is 0 Å². The third kappa shape index (κ3) is 2.20. The summed E-state index contributed by atoms with van der Waals surface area (Å²) in [5, 5.41) is 0. The number of hydrogen-bond acceptors (Lipinski definition) is 5. The van der Waals surface area contributed by atoms with E-state index in [4.69, 9.17) is 5.73 Å². The molecule has 0 radical (unpaired) electrons. The maximum Gasteiger partial charge on any atom is 0.153 e. The fourth-order valence-corrected chi connectivity index (χ4v) is 2.84. The number of nitrogens with two attached hydrogens (primary N) is 1. The number of hydrogen-bond donors (Lipinski definition) is 1. The summed E-state index contributed by atoms with van der Waals surface area (Å²) in [6.07, 6.45) is 3.24. The molecule has 2 heterocycles. The Morgan fingerprint density at radius 1 is 1.33 bits per heavy atom. The topological polar surface area (TPSA) is 76.3 Å². The molecule has 82 valence electrons. The Morgan fingerprint density at radius 3 is 2.60 bits per heavy atom. The smallest absolute Gasteiger partial charge is 0.153 e. The highest BCUT2D eigenvalue weighted by molar-refractivity contribution is 7.91. The Bertz CT molecular complexity index is 444. The third-order valence-corrected chi connectivity index (χ3v) is 4.12. The number of nitrogens with zero attached hydrogens (tertiary/aromatic N) is 2. The summed E-state index contributed by atoms with van der Waals surface area (Å²) >= 11 is 0. The normalized spacial score (nSPS) is 20.1. The molecule has 1 aromatic heterocycles. The van der Waals surface area contributed by atoms with Crippen molar-refractivity contribution in [2.75, 3.05) is 35.2 Å². The highest BCUT2D eigenvalue weighted by Gasteiger charge is 2.22. The zero-order valence-corrected chi connectivity index (χ0v) is 9.07. The van der Waals surface area contributed by atoms with E-state index in [0.29, 0.717) is 18.8 Å². The van der Waals surface area contributed by atoms with E-state index in [1.807, 2.05) is 11.0 Å². The first-order valence-electron chi connectivity index (χ1n) is 4.73. The molecule has 5 nitrogen and oxygen atoms in total. The van der Waals surface area contributed by atoms with Gasteiger partial charge in [-0.05, 0) is 6.07 Å². The minimum Gasteiger partial charge on any atom is -0.396 e. The maximum absolute atomic E-state index is 11.2. The molecule has 0 aromatic carbocycles. The van der Waals surface area contributed by atoms with Crippen LogP contribution >= 0.6 is 0 Å². The number of pyridine rings is 1. The molecule has 2 rings (SSSR count). The van der Waals surface area contributed by atoms with Crippen LogP contribution in [0.3, 0.4) is 0 Å². The molecule has 1 fully saturated rings. The first-order valence-corrected chi connectivity index (χ1v) is 6.55. The molecule has 1 saturated heterocycles. The summed E-state index contributed by atoms with van der Waals surface area (Å²) in [6.45, 7) is 1.02. The van der Waals surface area contributed by atoms with Gasteiger partial charge in [0.05, 0.1) is 29.1 Å². The van der Waals surface area contributed by atoms with Gasteiger partial charge in [0.1, 0.15) is 0 Å². The first-order chi connectivity index (χ1) is 7.08. The van der Waals surface area contributed by atoms with Crippen LogP contribution in [0.1, 0.15) is 0 Å². The van der Waals surface area contributed by atoms with Crippen LogP contribution in [0.2, 0.25) is 0 Å². The van der Waals surface area contributed by atoms with E-state index in [1.165, 1.54) is 0 Å². The summed E-state index contributed by atoms with van der Waals surface area (Å²) in [4.78, 5) is 5.88. The van der Waals surface area contributed by atoms with E-state index in [9.17, 15) is 8.42 Å². The molecule has 1 aromatic rings. The van der Waals surface area contributed by atoms with Gasteiger partial charge >= 0.3 is 0 Å². The van der Waals surface area contributed by atoms with Gasteiger partial charge in [-0.15, -0.1) is 0 Å². The Hall–Kier alpha value is -1.30. The SMILES string of the molecule is Nc1cnccc1N1CCS(=O)(=O)CC1. The van der Waals surface area contributed by atoms with Crippen LogP contribution < -0.4 is 10.6 Å². The molecular formula is C9H13N3O2S. The fraction of sp³-hybridized carbons (Fsp3) is 0.444. The van der Waals surface area contributed by atoms with Crippen molar-refractivity contribution in [2.45, 2.75) is 0 Å². The summed E-state index contributed by atoms with van der Waals surface area (Å²) in [5.74, 6) is 0.406. The highest BCUT2D eigenvalue weighted by Crippen LogP contribution is 2.22. The lowest BCUT2D eigenvalue weighted by atomic mass is 10.3. The maximum atomic E-state index is 11.2. The van der Waals surface area contributed by atoms with Crippen LogP contribution in [-0.4, -0.2) is 38.0 Å². The quantitative estimate of drug-likeness (QED) is 0.725. The lowest BCUT2D eigenvalue weighted by molar-refractivity contribution is 0.587. The Labute approximate surface area is 88.8 Å². The lowest BCUT2D eigenvalue weighted by Crippen LogP contribution is -2.40. The second-order valence-electron chi connectivity index (χ2n) is 3.57. The average Bonchev–Trinajstić information content (AvgIpc) is 2.19. The lowest BCUT2D eigenvalue weighted by Gasteiger charge is -2.29. The number of aromatic nitrogens is 1. The zero-order valence-electron chi connectivity index (χ0n) is 8.26. The Kier molecular flexibility index (Phi) is 2.52. The van der Waals surface area contributed by atoms with Crippen molar-refractivity contribution in [2.24, 2.45) is 0 Å². The average molecular weight is 227 g/mol. The van der Waals surface area contributed by atoms with E-state index in [-0.39, 0.29) is 11.5 Å². The Balaban J connectivity index is 2.18. The second kappa shape index (κ2) is 3.69. The fourth-order valence-electron chi connectivity index (χ4n) is 1.64. The molecular weight excluding hydrogens is 214 g/mol. The number of sulfone groups is 1. The van der Waals surface area contributed by atoms with E-state index >= 15 is 0 Å². The van der Waals surface area contributed by atoms with Crippen LogP contribution in [0.15, 0.2) is 18.5 Å². The number of nitrogen functional groups attached to an aromatic ring is 1. The molecule has 1 aliphatic rings. The summed E-state index contributed by atoms with van der Waals surface area (Å²) in [7, 11) is -2.83. The minimum absolute atomic E-state index is 0.203. The molecule has 0 amide bonds. The van der Waals surface area contributed by atoms with Crippen molar-refractivity contribution in [1.29, 1.82) is 0 Å². The van der Waals surface area contributed by atoms with Crippen molar-refractivity contribution in [1.82, 2.24) is 4.98 Å². The minimum atomic E-state index is -2.83. The van der Waals surface area contributed by atoms with Crippen LogP contribution in [-0.2, 0) is 9.84 Å². The predicted molar refractivity (Wildman–Crippen MR) is 59.5 cm³/mol. The molecule has 0 saturated carbocycles. The third-order valence-electron chi connectivity index (χ3n) is 2.51. The van der Waals surface area contributed by atoms with Crippen molar-refractivity contribution in [3.8, 4) is 0 Å². The molecule has 2 N–H and O–H groups in total. The summed E-state index contributed by atoms with van der Waals surface area (Å²) in [6, 6.07) is 1.81. The molecule has 1 aliphatic heterocycles. The van der Waals surface area contributed by atoms with Gasteiger partial charge in [-0.3, -0.25) is 4.98 Å². The van der Waals surface area contributed by atoms with E-state index in [0.717, 1.165) is 5.69 Å². The van der Waals surface area contributed by atoms with Crippen molar-refractivity contribution < 1.29 is 8.42 Å². The molecule has 0 unspecified atom stereocenters. The highest BCUT2D eigenvalue weighted by atomic mass is 32.2. The van der Waals surface area contributed by atoms with Crippen LogP contribution in [0.5, 0.6) is 0 Å². The first kappa shape index (κ1) is 10.2. The van der Waals surface area contributed by atoms with Gasteiger partial charge in [0.25, 0.3) is 0 Å². The van der Waals surface area contributed by atoms with Gasteiger partial charge in [-0.1, -0.05) is 0 Å². The molecule has 0 aliphatic carbocycles. The molecule has 0 spiro atoms. The van der Waals surface area contributed by atoms with E-state index < -0.39 is 9.84 Å². The summed E-state index contributed by atoms with van der Waals surface area (Å²) in [5.41, 5.74) is 7.23. The van der Waals surface area contributed by atoms with Crippen molar-refractivity contribution in [3.63, 3.8) is 0 Å². The van der Waals surface area contributed by atoms with Crippen LogP contribution in [0.4, 0.5) is 11.4 Å².